The van der Waals surface area contributed by atoms with E-state index in [1.165, 1.54) is 7.11 Å². The minimum absolute atomic E-state index is 0.131. The van der Waals surface area contributed by atoms with Crippen LogP contribution in [0.4, 0.5) is 14.5 Å². The van der Waals surface area contributed by atoms with Gasteiger partial charge in [0.15, 0.2) is 22.8 Å². The molecule has 1 aliphatic rings. The van der Waals surface area contributed by atoms with Gasteiger partial charge in [0, 0.05) is 48.8 Å². The van der Waals surface area contributed by atoms with Crippen LogP contribution >= 0.6 is 0 Å². The number of hydrogen-bond donors (Lipinski definition) is 2. The molecule has 1 fully saturated rings. The number of fused-ring (bicyclic) bond motifs is 1. The van der Waals surface area contributed by atoms with Crippen molar-refractivity contribution in [1.82, 2.24) is 9.47 Å². The number of aliphatic carboxylic acids is 1. The number of alkyl halides is 2. The van der Waals surface area contributed by atoms with Gasteiger partial charge in [0.1, 0.15) is 6.10 Å². The Morgan fingerprint density at radius 1 is 1.07 bits per heavy atom. The standard InChI is InChI=1S/C33H33F2N3O5/c1-36-24-9-10-26-27(20-38(28(26)18-24)19-22-6-4-3-5-7-22)33(41,32(34)35)21-37-14-12-25(13-15-37)43-29-11-8-23(17-31(39)40)16-30(29)42-2/h3-11,16,18,20,25,32,41H,12-15,17,19,21H2,2H3,(H,39,40). The second kappa shape index (κ2) is 12.8. The summed E-state index contributed by atoms with van der Waals surface area (Å²) in [7, 11) is 1.49. The Balaban J connectivity index is 1.33. The first-order valence-electron chi connectivity index (χ1n) is 14.0. The summed E-state index contributed by atoms with van der Waals surface area (Å²) < 4.78 is 42.9. The Kier molecular flexibility index (Phi) is 8.94. The molecule has 8 nitrogen and oxygen atoms in total. The molecule has 3 aromatic carbocycles. The van der Waals surface area contributed by atoms with E-state index < -0.39 is 18.0 Å². The van der Waals surface area contributed by atoms with Crippen molar-refractivity contribution < 1.29 is 33.3 Å². The number of hydrogen-bond acceptors (Lipinski definition) is 5. The summed E-state index contributed by atoms with van der Waals surface area (Å²) in [6.07, 6.45) is -0.699. The molecule has 0 amide bonds. The number of β-amino-alcohol motifs (C(OH)–C–C–N with tert-alkyl or cyclic N) is 1. The summed E-state index contributed by atoms with van der Waals surface area (Å²) in [5.41, 5.74) is 0.262. The lowest BCUT2D eigenvalue weighted by Gasteiger charge is -2.38. The van der Waals surface area contributed by atoms with E-state index in [0.717, 1.165) is 5.56 Å². The third kappa shape index (κ3) is 6.63. The van der Waals surface area contributed by atoms with Crippen molar-refractivity contribution in [2.45, 2.75) is 43.9 Å². The number of aliphatic hydroxyl groups is 1. The summed E-state index contributed by atoms with van der Waals surface area (Å²) in [6.45, 7) is 8.43. The first-order chi connectivity index (χ1) is 20.7. The van der Waals surface area contributed by atoms with Gasteiger partial charge in [-0.15, -0.1) is 0 Å². The monoisotopic (exact) mass is 589 g/mol. The van der Waals surface area contributed by atoms with E-state index in [2.05, 4.69) is 4.85 Å². The van der Waals surface area contributed by atoms with Crippen molar-refractivity contribution in [2.75, 3.05) is 26.7 Å². The quantitative estimate of drug-likeness (QED) is 0.213. The molecule has 2 heterocycles. The third-order valence-electron chi connectivity index (χ3n) is 7.89. The molecule has 4 aromatic rings. The van der Waals surface area contributed by atoms with E-state index in [-0.39, 0.29) is 24.6 Å². The maximum atomic E-state index is 14.8. The van der Waals surface area contributed by atoms with E-state index in [1.54, 1.807) is 42.6 Å². The highest BCUT2D eigenvalue weighted by atomic mass is 19.3. The van der Waals surface area contributed by atoms with Crippen LogP contribution in [0.1, 0.15) is 29.5 Å². The fourth-order valence-electron chi connectivity index (χ4n) is 5.68. The molecule has 10 heteroatoms. The number of halogens is 2. The number of carboxylic acid groups (broad SMARTS) is 1. The molecule has 0 spiro atoms. The highest BCUT2D eigenvalue weighted by Crippen LogP contribution is 2.38. The summed E-state index contributed by atoms with van der Waals surface area (Å²) >= 11 is 0. The Bertz CT molecular complexity index is 1630. The van der Waals surface area contributed by atoms with Gasteiger partial charge in [0.2, 0.25) is 0 Å². The van der Waals surface area contributed by atoms with Crippen molar-refractivity contribution in [3.8, 4) is 11.5 Å². The molecule has 2 N–H and O–H groups in total. The minimum atomic E-state index is -3.05. The molecule has 43 heavy (non-hydrogen) atoms. The van der Waals surface area contributed by atoms with E-state index in [1.807, 2.05) is 39.8 Å². The largest absolute Gasteiger partial charge is 0.493 e. The smallest absolute Gasteiger partial charge is 0.307 e. The highest BCUT2D eigenvalue weighted by Gasteiger charge is 2.44. The van der Waals surface area contributed by atoms with Crippen LogP contribution in [0.25, 0.3) is 15.7 Å². The number of ether oxygens (including phenoxy) is 2. The molecule has 1 aromatic heterocycles. The number of rotatable bonds is 11. The van der Waals surface area contributed by atoms with E-state index in [0.29, 0.717) is 66.1 Å². The Hall–Kier alpha value is -4.46. The maximum Gasteiger partial charge on any atom is 0.307 e. The normalized spacial score (nSPS) is 15.7. The fraction of sp³-hybridized carbons (Fsp3) is 0.333. The van der Waals surface area contributed by atoms with Crippen LogP contribution in [0, 0.1) is 6.57 Å². The second-order valence-electron chi connectivity index (χ2n) is 10.8. The SMILES string of the molecule is [C-]#[N+]c1ccc2c(C(O)(CN3CCC(Oc4ccc(CC(=O)O)cc4OC)CC3)C(F)F)cn(Cc3ccccc3)c2c1. The summed E-state index contributed by atoms with van der Waals surface area (Å²) in [5, 5.41) is 21.2. The molecular formula is C33H33F2N3O5. The van der Waals surface area contributed by atoms with E-state index in [9.17, 15) is 18.7 Å². The number of aromatic nitrogens is 1. The Morgan fingerprint density at radius 3 is 2.47 bits per heavy atom. The molecule has 0 radical (unpaired) electrons. The Labute approximate surface area is 248 Å². The van der Waals surface area contributed by atoms with Crippen molar-refractivity contribution in [2.24, 2.45) is 0 Å². The van der Waals surface area contributed by atoms with Gasteiger partial charge in [-0.2, -0.15) is 0 Å². The maximum absolute atomic E-state index is 14.8. The van der Waals surface area contributed by atoms with Gasteiger partial charge < -0.3 is 24.3 Å². The van der Waals surface area contributed by atoms with Crippen LogP contribution in [0.5, 0.6) is 11.5 Å². The lowest BCUT2D eigenvalue weighted by molar-refractivity contribution is -0.136. The summed E-state index contributed by atoms with van der Waals surface area (Å²) in [4.78, 5) is 16.4. The zero-order chi connectivity index (χ0) is 30.6. The van der Waals surface area contributed by atoms with Gasteiger partial charge in [0.25, 0.3) is 6.43 Å². The van der Waals surface area contributed by atoms with Crippen LogP contribution in [0.3, 0.4) is 0 Å². The molecular weight excluding hydrogens is 556 g/mol. The average molecular weight is 590 g/mol. The van der Waals surface area contributed by atoms with Crippen molar-refractivity contribution in [3.05, 3.63) is 101 Å². The van der Waals surface area contributed by atoms with Crippen molar-refractivity contribution in [1.29, 1.82) is 0 Å². The molecule has 0 aliphatic carbocycles. The number of piperidine rings is 1. The van der Waals surface area contributed by atoms with Crippen LogP contribution in [-0.4, -0.2) is 64.9 Å². The third-order valence-corrected chi connectivity index (χ3v) is 7.89. The lowest BCUT2D eigenvalue weighted by Crippen LogP contribution is -2.49. The molecule has 0 saturated carbocycles. The molecule has 1 atom stereocenters. The predicted molar refractivity (Wildman–Crippen MR) is 158 cm³/mol. The van der Waals surface area contributed by atoms with Gasteiger partial charge in [-0.3, -0.25) is 9.69 Å². The molecule has 0 bridgehead atoms. The molecule has 1 saturated heterocycles. The van der Waals surface area contributed by atoms with Gasteiger partial charge in [0.05, 0.1) is 20.1 Å². The zero-order valence-corrected chi connectivity index (χ0v) is 23.7. The Morgan fingerprint density at radius 2 is 1.81 bits per heavy atom. The molecule has 1 unspecified atom stereocenters. The minimum Gasteiger partial charge on any atom is -0.493 e. The lowest BCUT2D eigenvalue weighted by atomic mass is 9.92. The number of nitrogens with zero attached hydrogens (tertiary/aromatic N) is 3. The number of carboxylic acids is 1. The van der Waals surface area contributed by atoms with E-state index >= 15 is 0 Å². The van der Waals surface area contributed by atoms with Crippen LogP contribution in [0.2, 0.25) is 0 Å². The molecule has 5 rings (SSSR count). The number of methoxy groups -OCH3 is 1. The molecule has 224 valence electrons. The van der Waals surface area contributed by atoms with Gasteiger partial charge in [-0.1, -0.05) is 48.5 Å². The van der Waals surface area contributed by atoms with Crippen LogP contribution in [-0.2, 0) is 23.4 Å². The van der Waals surface area contributed by atoms with Crippen molar-refractivity contribution in [3.63, 3.8) is 0 Å². The first kappa shape index (κ1) is 30.0. The van der Waals surface area contributed by atoms with Crippen molar-refractivity contribution >= 4 is 22.6 Å². The van der Waals surface area contributed by atoms with Crippen LogP contribution < -0.4 is 9.47 Å². The number of carbonyl (C=O) groups is 1. The second-order valence-corrected chi connectivity index (χ2v) is 10.8. The fourth-order valence-corrected chi connectivity index (χ4v) is 5.68. The molecule has 1 aliphatic heterocycles. The van der Waals surface area contributed by atoms with Gasteiger partial charge in [-0.25, -0.2) is 13.6 Å². The highest BCUT2D eigenvalue weighted by molar-refractivity contribution is 5.88. The zero-order valence-electron chi connectivity index (χ0n) is 23.7. The average Bonchev–Trinajstić information content (AvgIpc) is 3.36. The van der Waals surface area contributed by atoms with Gasteiger partial charge >= 0.3 is 5.97 Å². The predicted octanol–water partition coefficient (Wildman–Crippen LogP) is 5.87. The number of benzene rings is 3. The topological polar surface area (TPSA) is 88.5 Å². The summed E-state index contributed by atoms with van der Waals surface area (Å²) in [5.74, 6) is -0.0218. The van der Waals surface area contributed by atoms with Crippen LogP contribution in [0.15, 0.2) is 72.9 Å². The van der Waals surface area contributed by atoms with Gasteiger partial charge in [-0.05, 0) is 42.2 Å². The van der Waals surface area contributed by atoms with E-state index in [4.69, 9.17) is 21.2 Å². The summed E-state index contributed by atoms with van der Waals surface area (Å²) in [6, 6.07) is 19.5. The first-order valence-corrected chi connectivity index (χ1v) is 14.0. The number of likely N-dealkylation sites (tertiary alicyclic amines) is 1.